The molecule has 0 bridgehead atoms. The normalized spacial score (nSPS) is 13.2. The number of nitrogens with one attached hydrogen (secondary N) is 2. The molecule has 0 saturated carbocycles. The van der Waals surface area contributed by atoms with E-state index in [-0.39, 0.29) is 11.9 Å². The molecule has 0 aromatic heterocycles. The lowest BCUT2D eigenvalue weighted by molar-refractivity contribution is -0.129. The van der Waals surface area contributed by atoms with Crippen LogP contribution in [-0.4, -0.2) is 23.4 Å². The molecular formula is C18H18ClN3O2. The first-order chi connectivity index (χ1) is 11.5. The Bertz CT molecular complexity index is 774. The lowest BCUT2D eigenvalue weighted by atomic mass is 9.99. The Kier molecular flexibility index (Phi) is 4.71. The molecule has 2 aromatic rings. The van der Waals surface area contributed by atoms with Gasteiger partial charge in [0, 0.05) is 36.4 Å². The topological polar surface area (TPSA) is 61.4 Å². The van der Waals surface area contributed by atoms with Crippen LogP contribution in [0.25, 0.3) is 0 Å². The lowest BCUT2D eigenvalue weighted by Crippen LogP contribution is -2.34. The van der Waals surface area contributed by atoms with Crippen LogP contribution < -0.4 is 10.6 Å². The number of fused-ring (bicyclic) bond motifs is 1. The number of benzene rings is 2. The van der Waals surface area contributed by atoms with Crippen LogP contribution in [0, 0.1) is 0 Å². The molecule has 124 valence electrons. The molecule has 3 rings (SSSR count). The summed E-state index contributed by atoms with van der Waals surface area (Å²) in [6.07, 6.45) is 0.839. The van der Waals surface area contributed by atoms with Crippen molar-refractivity contribution in [1.82, 2.24) is 4.90 Å². The SMILES string of the molecule is CC(=O)N1CCc2ccc(NC(=O)Nc3ccc(Cl)cc3)cc2C1. The molecule has 24 heavy (non-hydrogen) atoms. The van der Waals surface area contributed by atoms with E-state index in [1.54, 1.807) is 36.1 Å². The highest BCUT2D eigenvalue weighted by Crippen LogP contribution is 2.23. The van der Waals surface area contributed by atoms with Gasteiger partial charge in [-0.3, -0.25) is 4.79 Å². The molecule has 0 unspecified atom stereocenters. The molecular weight excluding hydrogens is 326 g/mol. The second-order valence-electron chi connectivity index (χ2n) is 5.76. The summed E-state index contributed by atoms with van der Waals surface area (Å²) in [6.45, 7) is 2.90. The van der Waals surface area contributed by atoms with E-state index in [1.165, 1.54) is 5.56 Å². The summed E-state index contributed by atoms with van der Waals surface area (Å²) in [6, 6.07) is 12.4. The van der Waals surface area contributed by atoms with E-state index in [9.17, 15) is 9.59 Å². The average molecular weight is 344 g/mol. The molecule has 1 aliphatic heterocycles. The first kappa shape index (κ1) is 16.3. The Morgan fingerprint density at radius 1 is 1.00 bits per heavy atom. The number of halogens is 1. The summed E-state index contributed by atoms with van der Waals surface area (Å²) in [5, 5.41) is 6.18. The fourth-order valence-electron chi connectivity index (χ4n) is 2.73. The van der Waals surface area contributed by atoms with Gasteiger partial charge in [0.15, 0.2) is 0 Å². The predicted octanol–water partition coefficient (Wildman–Crippen LogP) is 3.89. The van der Waals surface area contributed by atoms with Crippen molar-refractivity contribution in [1.29, 1.82) is 0 Å². The number of carbonyl (C=O) groups excluding carboxylic acids is 2. The summed E-state index contributed by atoms with van der Waals surface area (Å²) in [7, 11) is 0. The van der Waals surface area contributed by atoms with Gasteiger partial charge in [0.05, 0.1) is 0 Å². The predicted molar refractivity (Wildman–Crippen MR) is 95.3 cm³/mol. The van der Waals surface area contributed by atoms with Crippen LogP contribution >= 0.6 is 11.6 Å². The van der Waals surface area contributed by atoms with Gasteiger partial charge in [-0.2, -0.15) is 0 Å². The molecule has 0 aliphatic carbocycles. The van der Waals surface area contributed by atoms with E-state index in [0.29, 0.717) is 22.9 Å². The van der Waals surface area contributed by atoms with E-state index < -0.39 is 0 Å². The van der Waals surface area contributed by atoms with Crippen LogP contribution in [0.5, 0.6) is 0 Å². The first-order valence-corrected chi connectivity index (χ1v) is 8.10. The highest BCUT2D eigenvalue weighted by molar-refractivity contribution is 6.30. The van der Waals surface area contributed by atoms with Gasteiger partial charge >= 0.3 is 6.03 Å². The highest BCUT2D eigenvalue weighted by atomic mass is 35.5. The number of carbonyl (C=O) groups is 2. The van der Waals surface area contributed by atoms with Crippen LogP contribution in [0.15, 0.2) is 42.5 Å². The number of amides is 3. The molecule has 0 saturated heterocycles. The molecule has 0 spiro atoms. The zero-order chi connectivity index (χ0) is 17.1. The van der Waals surface area contributed by atoms with Crippen LogP contribution in [0.3, 0.4) is 0 Å². The minimum Gasteiger partial charge on any atom is -0.338 e. The number of anilines is 2. The van der Waals surface area contributed by atoms with Gasteiger partial charge in [-0.1, -0.05) is 17.7 Å². The van der Waals surface area contributed by atoms with Crippen molar-refractivity contribution in [3.8, 4) is 0 Å². The second kappa shape index (κ2) is 6.93. The average Bonchev–Trinajstić information content (AvgIpc) is 2.56. The van der Waals surface area contributed by atoms with Crippen molar-refractivity contribution in [3.63, 3.8) is 0 Å². The standard InChI is InChI=1S/C18H18ClN3O2/c1-12(23)22-9-8-13-2-5-17(10-14(13)11-22)21-18(24)20-16-6-3-15(19)4-7-16/h2-7,10H,8-9,11H2,1H3,(H2,20,21,24). The van der Waals surface area contributed by atoms with Crippen molar-refractivity contribution in [2.75, 3.05) is 17.2 Å². The summed E-state index contributed by atoms with van der Waals surface area (Å²) in [5.41, 5.74) is 3.65. The molecule has 0 atom stereocenters. The van der Waals surface area contributed by atoms with Crippen molar-refractivity contribution in [3.05, 3.63) is 58.6 Å². The lowest BCUT2D eigenvalue weighted by Gasteiger charge is -2.28. The van der Waals surface area contributed by atoms with Gasteiger partial charge in [0.2, 0.25) is 5.91 Å². The van der Waals surface area contributed by atoms with E-state index in [1.807, 2.05) is 18.2 Å². The zero-order valence-corrected chi connectivity index (χ0v) is 14.1. The summed E-state index contributed by atoms with van der Waals surface area (Å²) >= 11 is 5.82. The largest absolute Gasteiger partial charge is 0.338 e. The number of rotatable bonds is 2. The fourth-order valence-corrected chi connectivity index (χ4v) is 2.86. The highest BCUT2D eigenvalue weighted by Gasteiger charge is 2.18. The molecule has 6 heteroatoms. The van der Waals surface area contributed by atoms with Gasteiger partial charge in [-0.05, 0) is 53.9 Å². The molecule has 1 heterocycles. The van der Waals surface area contributed by atoms with Crippen molar-refractivity contribution >= 4 is 34.9 Å². The third-order valence-corrected chi connectivity index (χ3v) is 4.28. The van der Waals surface area contributed by atoms with Crippen LogP contribution in [0.2, 0.25) is 5.02 Å². The van der Waals surface area contributed by atoms with Crippen LogP contribution in [0.4, 0.5) is 16.2 Å². The molecule has 0 radical (unpaired) electrons. The number of nitrogens with zero attached hydrogens (tertiary/aromatic N) is 1. The number of hydrogen-bond donors (Lipinski definition) is 2. The maximum Gasteiger partial charge on any atom is 0.323 e. The van der Waals surface area contributed by atoms with Gasteiger partial charge < -0.3 is 15.5 Å². The van der Waals surface area contributed by atoms with Gasteiger partial charge in [-0.25, -0.2) is 4.79 Å². The van der Waals surface area contributed by atoms with Crippen molar-refractivity contribution < 1.29 is 9.59 Å². The minimum atomic E-state index is -0.323. The third-order valence-electron chi connectivity index (χ3n) is 4.02. The quantitative estimate of drug-likeness (QED) is 0.869. The van der Waals surface area contributed by atoms with E-state index in [4.69, 9.17) is 11.6 Å². The third kappa shape index (κ3) is 3.86. The molecule has 2 N–H and O–H groups in total. The summed E-state index contributed by atoms with van der Waals surface area (Å²) in [4.78, 5) is 25.4. The van der Waals surface area contributed by atoms with Gasteiger partial charge in [0.25, 0.3) is 0 Å². The van der Waals surface area contributed by atoms with E-state index in [2.05, 4.69) is 10.6 Å². The van der Waals surface area contributed by atoms with Crippen LogP contribution in [0.1, 0.15) is 18.1 Å². The van der Waals surface area contributed by atoms with E-state index in [0.717, 1.165) is 18.5 Å². The maximum absolute atomic E-state index is 12.1. The molecule has 5 nitrogen and oxygen atoms in total. The van der Waals surface area contributed by atoms with Gasteiger partial charge in [0.1, 0.15) is 0 Å². The Morgan fingerprint density at radius 3 is 2.38 bits per heavy atom. The zero-order valence-electron chi connectivity index (χ0n) is 13.3. The summed E-state index contributed by atoms with van der Waals surface area (Å²) < 4.78 is 0. The summed E-state index contributed by atoms with van der Waals surface area (Å²) in [5.74, 6) is 0.0690. The number of hydrogen-bond acceptors (Lipinski definition) is 2. The molecule has 1 aliphatic rings. The minimum absolute atomic E-state index is 0.0690. The van der Waals surface area contributed by atoms with Crippen molar-refractivity contribution in [2.24, 2.45) is 0 Å². The maximum atomic E-state index is 12.1. The first-order valence-electron chi connectivity index (χ1n) is 7.72. The second-order valence-corrected chi connectivity index (χ2v) is 6.20. The number of urea groups is 1. The van der Waals surface area contributed by atoms with Crippen LogP contribution in [-0.2, 0) is 17.8 Å². The van der Waals surface area contributed by atoms with Crippen molar-refractivity contribution in [2.45, 2.75) is 19.9 Å². The monoisotopic (exact) mass is 343 g/mol. The molecule has 0 fully saturated rings. The van der Waals surface area contributed by atoms with Gasteiger partial charge in [-0.15, -0.1) is 0 Å². The fraction of sp³-hybridized carbons (Fsp3) is 0.222. The Labute approximate surface area is 145 Å². The Balaban J connectivity index is 1.67. The molecule has 3 amide bonds. The molecule has 2 aromatic carbocycles. The Hall–Kier alpha value is -2.53. The Morgan fingerprint density at radius 2 is 1.67 bits per heavy atom. The van der Waals surface area contributed by atoms with E-state index >= 15 is 0 Å². The smallest absolute Gasteiger partial charge is 0.323 e.